The number of methoxy groups -OCH3 is 1. The summed E-state index contributed by atoms with van der Waals surface area (Å²) in [6, 6.07) is 18.8. The molecule has 0 radical (unpaired) electrons. The smallest absolute Gasteiger partial charge is 0.338 e. The molecule has 0 aliphatic rings. The number of hydrogen-bond donors (Lipinski definition) is 0. The molecule has 1 heterocycles. The molecular weight excluding hydrogens is 342 g/mol. The fraction of sp³-hybridized carbons (Fsp3) is 0.0455. The average Bonchev–Trinajstić information content (AvgIpc) is 3.20. The van der Waals surface area contributed by atoms with Crippen molar-refractivity contribution in [1.29, 1.82) is 5.26 Å². The molecule has 0 saturated heterocycles. The second kappa shape index (κ2) is 7.98. The van der Waals surface area contributed by atoms with Gasteiger partial charge in [-0.05, 0) is 54.6 Å². The van der Waals surface area contributed by atoms with Crippen molar-refractivity contribution in [3.05, 3.63) is 89.2 Å². The van der Waals surface area contributed by atoms with Crippen LogP contribution in [0.15, 0.2) is 71.2 Å². The first-order chi connectivity index (χ1) is 13.1. The first-order valence-corrected chi connectivity index (χ1v) is 8.12. The second-order valence-electron chi connectivity index (χ2n) is 5.63. The Morgan fingerprint density at radius 3 is 2.48 bits per heavy atom. The van der Waals surface area contributed by atoms with Gasteiger partial charge in [-0.2, -0.15) is 5.26 Å². The van der Waals surface area contributed by atoms with Crippen LogP contribution in [0.1, 0.15) is 32.0 Å². The lowest BCUT2D eigenvalue weighted by molar-refractivity contribution is 0.0601. The van der Waals surface area contributed by atoms with E-state index in [0.717, 1.165) is 0 Å². The van der Waals surface area contributed by atoms with E-state index in [1.165, 1.54) is 13.2 Å². The Bertz CT molecular complexity index is 1050. The van der Waals surface area contributed by atoms with Crippen LogP contribution in [0, 0.1) is 11.3 Å². The van der Waals surface area contributed by atoms with Crippen LogP contribution in [0.3, 0.4) is 0 Å². The predicted octanol–water partition coefficient (Wildman–Crippen LogP) is 4.50. The number of rotatable bonds is 5. The first kappa shape index (κ1) is 17.9. The molecule has 0 N–H and O–H groups in total. The van der Waals surface area contributed by atoms with Gasteiger partial charge in [0.2, 0.25) is 0 Å². The van der Waals surface area contributed by atoms with Gasteiger partial charge in [0.1, 0.15) is 11.5 Å². The number of hydrogen-bond acceptors (Lipinski definition) is 5. The minimum Gasteiger partial charge on any atom is -0.465 e. The molecule has 132 valence electrons. The van der Waals surface area contributed by atoms with Crippen molar-refractivity contribution in [3.8, 4) is 17.4 Å². The Morgan fingerprint density at radius 1 is 1.04 bits per heavy atom. The molecule has 0 fully saturated rings. The molecule has 3 rings (SSSR count). The number of esters is 1. The van der Waals surface area contributed by atoms with Gasteiger partial charge in [-0.25, -0.2) is 4.79 Å². The van der Waals surface area contributed by atoms with Crippen LogP contribution in [-0.4, -0.2) is 18.9 Å². The summed E-state index contributed by atoms with van der Waals surface area (Å²) in [7, 11) is 1.32. The van der Waals surface area contributed by atoms with Gasteiger partial charge in [0.15, 0.2) is 5.78 Å². The van der Waals surface area contributed by atoms with Crippen molar-refractivity contribution in [2.24, 2.45) is 0 Å². The highest BCUT2D eigenvalue weighted by Crippen LogP contribution is 2.27. The van der Waals surface area contributed by atoms with Crippen LogP contribution < -0.4 is 0 Å². The third kappa shape index (κ3) is 4.02. The summed E-state index contributed by atoms with van der Waals surface area (Å²) in [5, 5.41) is 8.79. The second-order valence-corrected chi connectivity index (χ2v) is 5.63. The lowest BCUT2D eigenvalue weighted by Crippen LogP contribution is -2.02. The molecule has 2 aromatic carbocycles. The van der Waals surface area contributed by atoms with E-state index in [2.05, 4.69) is 0 Å². The van der Waals surface area contributed by atoms with E-state index in [-0.39, 0.29) is 5.78 Å². The third-order valence-corrected chi connectivity index (χ3v) is 3.92. The van der Waals surface area contributed by atoms with E-state index in [1.807, 2.05) is 6.07 Å². The number of carbonyl (C=O) groups is 2. The largest absolute Gasteiger partial charge is 0.465 e. The number of benzene rings is 2. The summed E-state index contributed by atoms with van der Waals surface area (Å²) in [6.45, 7) is 0. The minimum atomic E-state index is -0.449. The first-order valence-electron chi connectivity index (χ1n) is 8.12. The van der Waals surface area contributed by atoms with E-state index in [9.17, 15) is 9.59 Å². The summed E-state index contributed by atoms with van der Waals surface area (Å²) in [5.74, 6) is 0.329. The highest BCUT2D eigenvalue weighted by atomic mass is 16.5. The highest BCUT2D eigenvalue weighted by Gasteiger charge is 2.15. The van der Waals surface area contributed by atoms with E-state index in [0.29, 0.717) is 33.8 Å². The molecule has 0 amide bonds. The van der Waals surface area contributed by atoms with Crippen molar-refractivity contribution in [2.45, 2.75) is 0 Å². The number of allylic oxidation sites excluding steroid dienone is 1. The van der Waals surface area contributed by atoms with Crippen LogP contribution >= 0.6 is 0 Å². The van der Waals surface area contributed by atoms with Crippen LogP contribution in [-0.2, 0) is 4.74 Å². The summed E-state index contributed by atoms with van der Waals surface area (Å²) < 4.78 is 10.5. The Balaban J connectivity index is 1.80. The van der Waals surface area contributed by atoms with Crippen LogP contribution in [0.5, 0.6) is 0 Å². The predicted molar refractivity (Wildman–Crippen MR) is 100 cm³/mol. The molecule has 0 aliphatic heterocycles. The molecular formula is C22H15NO4. The number of furan rings is 1. The third-order valence-electron chi connectivity index (χ3n) is 3.92. The number of ketones is 1. The van der Waals surface area contributed by atoms with Gasteiger partial charge in [-0.1, -0.05) is 18.2 Å². The number of nitriles is 1. The van der Waals surface area contributed by atoms with E-state index >= 15 is 0 Å². The normalized spacial score (nSPS) is 10.5. The van der Waals surface area contributed by atoms with Gasteiger partial charge in [-0.15, -0.1) is 0 Å². The number of ether oxygens (including phenoxy) is 1. The quantitative estimate of drug-likeness (QED) is 0.381. The molecule has 0 aliphatic carbocycles. The lowest BCUT2D eigenvalue weighted by Gasteiger charge is -2.04. The molecule has 0 unspecified atom stereocenters. The standard InChI is InChI=1S/C22H15NO4/c1-26-22(25)19-5-3-2-4-18(19)21-13-11-17(27-21)10-12-20(24)16-8-6-15(14-23)7-9-16/h2-13H,1H3/b12-10+. The molecule has 0 bridgehead atoms. The van der Waals surface area contributed by atoms with Crippen molar-refractivity contribution < 1.29 is 18.7 Å². The van der Waals surface area contributed by atoms with Gasteiger partial charge in [-0.3, -0.25) is 4.79 Å². The monoisotopic (exact) mass is 357 g/mol. The molecule has 1 aromatic heterocycles. The molecule has 3 aromatic rings. The number of nitrogens with zero attached hydrogens (tertiary/aromatic N) is 1. The van der Waals surface area contributed by atoms with Gasteiger partial charge >= 0.3 is 5.97 Å². The maximum atomic E-state index is 12.2. The molecule has 0 spiro atoms. The van der Waals surface area contributed by atoms with E-state index in [1.54, 1.807) is 66.7 Å². The van der Waals surface area contributed by atoms with Crippen molar-refractivity contribution in [2.75, 3.05) is 7.11 Å². The molecule has 0 saturated carbocycles. The Labute approximate surface area is 156 Å². The zero-order chi connectivity index (χ0) is 19.2. The topological polar surface area (TPSA) is 80.3 Å². The maximum Gasteiger partial charge on any atom is 0.338 e. The summed E-state index contributed by atoms with van der Waals surface area (Å²) in [6.07, 6.45) is 2.96. The lowest BCUT2D eigenvalue weighted by atomic mass is 10.1. The average molecular weight is 357 g/mol. The van der Waals surface area contributed by atoms with Crippen molar-refractivity contribution >= 4 is 17.8 Å². The maximum absolute atomic E-state index is 12.2. The van der Waals surface area contributed by atoms with Gasteiger partial charge < -0.3 is 9.15 Å². The zero-order valence-electron chi connectivity index (χ0n) is 14.5. The SMILES string of the molecule is COC(=O)c1ccccc1-c1ccc(/C=C/C(=O)c2ccc(C#N)cc2)o1. The van der Waals surface area contributed by atoms with Crippen molar-refractivity contribution in [1.82, 2.24) is 0 Å². The minimum absolute atomic E-state index is 0.201. The van der Waals surface area contributed by atoms with E-state index < -0.39 is 5.97 Å². The van der Waals surface area contributed by atoms with Gasteiger partial charge in [0.05, 0.1) is 24.3 Å². The van der Waals surface area contributed by atoms with E-state index in [4.69, 9.17) is 14.4 Å². The van der Waals surface area contributed by atoms with Gasteiger partial charge in [0, 0.05) is 11.1 Å². The Kier molecular flexibility index (Phi) is 5.29. The molecule has 0 atom stereocenters. The fourth-order valence-electron chi connectivity index (χ4n) is 2.54. The Morgan fingerprint density at radius 2 is 1.78 bits per heavy atom. The summed E-state index contributed by atoms with van der Waals surface area (Å²) >= 11 is 0. The fourth-order valence-corrected chi connectivity index (χ4v) is 2.54. The molecule has 27 heavy (non-hydrogen) atoms. The summed E-state index contributed by atoms with van der Waals surface area (Å²) in [4.78, 5) is 24.1. The highest BCUT2D eigenvalue weighted by molar-refractivity contribution is 6.06. The van der Waals surface area contributed by atoms with Crippen LogP contribution in [0.2, 0.25) is 0 Å². The molecule has 5 nitrogen and oxygen atoms in total. The Hall–Kier alpha value is -3.91. The van der Waals surface area contributed by atoms with Crippen LogP contribution in [0.25, 0.3) is 17.4 Å². The van der Waals surface area contributed by atoms with Gasteiger partial charge in [0.25, 0.3) is 0 Å². The zero-order valence-corrected chi connectivity index (χ0v) is 14.5. The van der Waals surface area contributed by atoms with Crippen LogP contribution in [0.4, 0.5) is 0 Å². The molecule has 5 heteroatoms. The summed E-state index contributed by atoms with van der Waals surface area (Å²) in [5.41, 5.74) is 1.99. The van der Waals surface area contributed by atoms with Crippen molar-refractivity contribution in [3.63, 3.8) is 0 Å². The number of carbonyl (C=O) groups excluding carboxylic acids is 2.